The van der Waals surface area contributed by atoms with Crippen LogP contribution in [0.4, 0.5) is 5.69 Å². The highest BCUT2D eigenvalue weighted by molar-refractivity contribution is 7.89. The normalized spacial score (nSPS) is 14.9. The zero-order chi connectivity index (χ0) is 21.7. The summed E-state index contributed by atoms with van der Waals surface area (Å²) in [6.45, 7) is 0.358. The van der Waals surface area contributed by atoms with Gasteiger partial charge >= 0.3 is 5.97 Å². The maximum absolute atomic E-state index is 12.8. The topological polar surface area (TPSA) is 92.8 Å². The third kappa shape index (κ3) is 5.51. The van der Waals surface area contributed by atoms with E-state index in [2.05, 4.69) is 5.32 Å². The van der Waals surface area contributed by atoms with Crippen molar-refractivity contribution in [3.63, 3.8) is 0 Å². The first-order valence-electron chi connectivity index (χ1n) is 9.29. The number of anilines is 1. The van der Waals surface area contributed by atoms with Crippen LogP contribution in [0.2, 0.25) is 10.0 Å². The number of hydrogen-bond acceptors (Lipinski definition) is 5. The zero-order valence-electron chi connectivity index (χ0n) is 15.9. The second kappa shape index (κ2) is 9.78. The fourth-order valence-corrected chi connectivity index (χ4v) is 4.93. The molecule has 2 aromatic carbocycles. The molecule has 1 amide bonds. The first-order chi connectivity index (χ1) is 14.3. The summed E-state index contributed by atoms with van der Waals surface area (Å²) in [6.07, 6.45) is 2.63. The molecule has 10 heteroatoms. The molecule has 0 aliphatic carbocycles. The van der Waals surface area contributed by atoms with Crippen molar-refractivity contribution >= 4 is 50.8 Å². The number of rotatable bonds is 6. The molecule has 1 fully saturated rings. The molecule has 0 saturated carbocycles. The Hall–Kier alpha value is -2.13. The lowest BCUT2D eigenvalue weighted by molar-refractivity contribution is -0.119. The predicted molar refractivity (Wildman–Crippen MR) is 114 cm³/mol. The minimum atomic E-state index is -3.68. The third-order valence-corrected chi connectivity index (χ3v) is 7.02. The van der Waals surface area contributed by atoms with Crippen LogP contribution in [0.3, 0.4) is 0 Å². The average molecular weight is 471 g/mol. The number of benzene rings is 2. The van der Waals surface area contributed by atoms with Crippen molar-refractivity contribution in [1.29, 1.82) is 0 Å². The van der Waals surface area contributed by atoms with Gasteiger partial charge in [-0.15, -0.1) is 0 Å². The maximum atomic E-state index is 12.8. The lowest BCUT2D eigenvalue weighted by Gasteiger charge is -2.25. The number of nitrogens with one attached hydrogen (secondary N) is 1. The van der Waals surface area contributed by atoms with Crippen molar-refractivity contribution in [2.45, 2.75) is 24.2 Å². The third-order valence-electron chi connectivity index (χ3n) is 4.56. The number of nitrogens with zero attached hydrogens (tertiary/aromatic N) is 1. The fraction of sp³-hybridized carbons (Fsp3) is 0.300. The van der Waals surface area contributed by atoms with Gasteiger partial charge in [0.25, 0.3) is 5.91 Å². The molecule has 7 nitrogen and oxygen atoms in total. The van der Waals surface area contributed by atoms with Crippen molar-refractivity contribution in [2.75, 3.05) is 25.0 Å². The first kappa shape index (κ1) is 22.6. The van der Waals surface area contributed by atoms with Crippen LogP contribution in [-0.4, -0.2) is 44.3 Å². The molecule has 3 rings (SSSR count). The summed E-state index contributed by atoms with van der Waals surface area (Å²) in [4.78, 5) is 24.4. The molecular weight excluding hydrogens is 451 g/mol. The van der Waals surface area contributed by atoms with Gasteiger partial charge in [-0.25, -0.2) is 13.2 Å². The van der Waals surface area contributed by atoms with Crippen molar-refractivity contribution < 1.29 is 22.7 Å². The summed E-state index contributed by atoms with van der Waals surface area (Å²) in [5.74, 6) is -1.41. The van der Waals surface area contributed by atoms with E-state index in [0.717, 1.165) is 19.3 Å². The number of amides is 1. The van der Waals surface area contributed by atoms with E-state index in [9.17, 15) is 18.0 Å². The molecule has 0 atom stereocenters. The van der Waals surface area contributed by atoms with E-state index in [1.54, 1.807) is 6.07 Å². The van der Waals surface area contributed by atoms with Crippen LogP contribution in [0.5, 0.6) is 0 Å². The van der Waals surface area contributed by atoms with Gasteiger partial charge in [-0.3, -0.25) is 4.79 Å². The molecule has 1 aliphatic rings. The lowest BCUT2D eigenvalue weighted by Crippen LogP contribution is -2.35. The van der Waals surface area contributed by atoms with Crippen LogP contribution < -0.4 is 5.32 Å². The van der Waals surface area contributed by atoms with Gasteiger partial charge in [0.1, 0.15) is 0 Å². The van der Waals surface area contributed by atoms with E-state index in [1.165, 1.54) is 40.7 Å². The van der Waals surface area contributed by atoms with E-state index in [0.29, 0.717) is 23.8 Å². The van der Waals surface area contributed by atoms with Crippen LogP contribution in [0.25, 0.3) is 0 Å². The van der Waals surface area contributed by atoms with Crippen LogP contribution in [-0.2, 0) is 19.6 Å². The monoisotopic (exact) mass is 470 g/mol. The number of piperidine rings is 1. The first-order valence-corrected chi connectivity index (χ1v) is 11.5. The lowest BCUT2D eigenvalue weighted by atomic mass is 10.2. The molecule has 160 valence electrons. The molecule has 0 spiro atoms. The highest BCUT2D eigenvalue weighted by Crippen LogP contribution is 2.25. The smallest absolute Gasteiger partial charge is 0.338 e. The van der Waals surface area contributed by atoms with Crippen molar-refractivity contribution in [3.8, 4) is 0 Å². The highest BCUT2D eigenvalue weighted by Gasteiger charge is 2.26. The number of halogens is 2. The van der Waals surface area contributed by atoms with Crippen LogP contribution in [0.1, 0.15) is 29.6 Å². The molecule has 0 radical (unpaired) electrons. The Morgan fingerprint density at radius 3 is 2.50 bits per heavy atom. The molecular formula is C20H20Cl2N2O5S. The summed E-state index contributed by atoms with van der Waals surface area (Å²) >= 11 is 11.8. The zero-order valence-corrected chi connectivity index (χ0v) is 18.3. The molecule has 30 heavy (non-hydrogen) atoms. The molecule has 0 bridgehead atoms. The summed E-state index contributed by atoms with van der Waals surface area (Å²) in [5.41, 5.74) is 0.335. The maximum Gasteiger partial charge on any atom is 0.338 e. The molecule has 0 unspecified atom stereocenters. The number of esters is 1. The van der Waals surface area contributed by atoms with Gasteiger partial charge in [-0.2, -0.15) is 4.31 Å². The predicted octanol–water partition coefficient (Wildman–Crippen LogP) is 3.96. The summed E-state index contributed by atoms with van der Waals surface area (Å²) in [6, 6.07) is 10.2. The number of carbonyl (C=O) groups excluding carboxylic acids is 2. The SMILES string of the molecule is O=C(COC(=O)c1cccc(S(=O)(=O)N2CCCCC2)c1)Nc1cc(Cl)ccc1Cl. The van der Waals surface area contributed by atoms with Gasteiger partial charge < -0.3 is 10.1 Å². The Kier molecular flexibility index (Phi) is 7.36. The van der Waals surface area contributed by atoms with Gasteiger partial charge in [0.15, 0.2) is 6.61 Å². The summed E-state index contributed by atoms with van der Waals surface area (Å²) < 4.78 is 32.0. The van der Waals surface area contributed by atoms with Gasteiger partial charge in [0, 0.05) is 18.1 Å². The molecule has 1 heterocycles. The number of hydrogen-bond donors (Lipinski definition) is 1. The molecule has 1 saturated heterocycles. The van der Waals surface area contributed by atoms with Gasteiger partial charge in [-0.1, -0.05) is 35.7 Å². The summed E-state index contributed by atoms with van der Waals surface area (Å²) in [7, 11) is -3.68. The Bertz CT molecular complexity index is 1050. The second-order valence-corrected chi connectivity index (χ2v) is 9.52. The molecule has 0 aromatic heterocycles. The standard InChI is InChI=1S/C20H20Cl2N2O5S/c21-15-7-8-17(22)18(12-15)23-19(25)13-29-20(26)14-5-4-6-16(11-14)30(27,28)24-9-2-1-3-10-24/h4-8,11-12H,1-3,9-10,13H2,(H,23,25). The van der Waals surface area contributed by atoms with Crippen molar-refractivity contribution in [3.05, 3.63) is 58.1 Å². The number of carbonyl (C=O) groups is 2. The van der Waals surface area contributed by atoms with E-state index in [-0.39, 0.29) is 15.5 Å². The van der Waals surface area contributed by atoms with Crippen LogP contribution >= 0.6 is 23.2 Å². The minimum Gasteiger partial charge on any atom is -0.452 e. The van der Waals surface area contributed by atoms with Gasteiger partial charge in [0.2, 0.25) is 10.0 Å². The van der Waals surface area contributed by atoms with Crippen molar-refractivity contribution in [2.24, 2.45) is 0 Å². The van der Waals surface area contributed by atoms with Crippen LogP contribution in [0, 0.1) is 0 Å². The molecule has 1 N–H and O–H groups in total. The number of ether oxygens (including phenoxy) is 1. The second-order valence-electron chi connectivity index (χ2n) is 6.74. The van der Waals surface area contributed by atoms with Crippen LogP contribution in [0.15, 0.2) is 47.4 Å². The highest BCUT2D eigenvalue weighted by atomic mass is 35.5. The van der Waals surface area contributed by atoms with E-state index >= 15 is 0 Å². The largest absolute Gasteiger partial charge is 0.452 e. The van der Waals surface area contributed by atoms with Gasteiger partial charge in [0.05, 0.1) is 21.2 Å². The van der Waals surface area contributed by atoms with E-state index in [1.807, 2.05) is 0 Å². The fourth-order valence-electron chi connectivity index (χ4n) is 3.03. The Morgan fingerprint density at radius 1 is 1.03 bits per heavy atom. The van der Waals surface area contributed by atoms with E-state index < -0.39 is 28.5 Å². The van der Waals surface area contributed by atoms with Gasteiger partial charge in [-0.05, 0) is 49.2 Å². The Morgan fingerprint density at radius 2 is 1.77 bits per heavy atom. The number of sulfonamides is 1. The van der Waals surface area contributed by atoms with Crippen molar-refractivity contribution in [1.82, 2.24) is 4.31 Å². The average Bonchev–Trinajstić information content (AvgIpc) is 2.75. The Labute approximate surface area is 185 Å². The van der Waals surface area contributed by atoms with E-state index in [4.69, 9.17) is 27.9 Å². The molecule has 2 aromatic rings. The quantitative estimate of drug-likeness (QED) is 0.644. The minimum absolute atomic E-state index is 0.0222. The summed E-state index contributed by atoms with van der Waals surface area (Å²) in [5, 5.41) is 3.18. The Balaban J connectivity index is 1.64. The molecule has 1 aliphatic heterocycles.